The molecule has 9 heteroatoms. The number of anilines is 1. The van der Waals surface area contributed by atoms with E-state index in [1.165, 1.54) is 35.1 Å². The van der Waals surface area contributed by atoms with Crippen LogP contribution in [0.5, 0.6) is 0 Å². The lowest BCUT2D eigenvalue weighted by atomic mass is 10.1. The van der Waals surface area contributed by atoms with Gasteiger partial charge in [0.25, 0.3) is 0 Å². The van der Waals surface area contributed by atoms with Gasteiger partial charge in [-0.05, 0) is 54.4 Å². The van der Waals surface area contributed by atoms with Crippen LogP contribution in [-0.2, 0) is 25.6 Å². The van der Waals surface area contributed by atoms with Gasteiger partial charge in [0.15, 0.2) is 0 Å². The maximum atomic E-state index is 12.1. The molecule has 1 aromatic heterocycles. The Morgan fingerprint density at radius 2 is 1.79 bits per heavy atom. The molecule has 0 atom stereocenters. The summed E-state index contributed by atoms with van der Waals surface area (Å²) in [6.45, 7) is 1.78. The smallest absolute Gasteiger partial charge is 0.340 e. The van der Waals surface area contributed by atoms with E-state index in [2.05, 4.69) is 29.7 Å². The normalized spacial score (nSPS) is 10.5. The third-order valence-corrected chi connectivity index (χ3v) is 5.85. The molecule has 2 amide bonds. The Labute approximate surface area is 200 Å². The first-order valence-corrected chi connectivity index (χ1v) is 11.2. The lowest BCUT2D eigenvalue weighted by Crippen LogP contribution is -2.29. The van der Waals surface area contributed by atoms with Crippen molar-refractivity contribution in [3.05, 3.63) is 75.6 Å². The van der Waals surface area contributed by atoms with Crippen molar-refractivity contribution in [3.63, 3.8) is 0 Å². The highest BCUT2D eigenvalue weighted by Crippen LogP contribution is 2.28. The summed E-state index contributed by atoms with van der Waals surface area (Å²) in [7, 11) is 1.23. The van der Waals surface area contributed by atoms with Gasteiger partial charge in [0.2, 0.25) is 11.8 Å². The van der Waals surface area contributed by atoms with Gasteiger partial charge in [-0.3, -0.25) is 9.59 Å². The molecule has 0 unspecified atom stereocenters. The maximum Gasteiger partial charge on any atom is 0.340 e. The number of carbonyl (C=O) groups excluding carboxylic acids is 3. The van der Waals surface area contributed by atoms with Crippen LogP contribution in [0.3, 0.4) is 0 Å². The second-order valence-corrected chi connectivity index (χ2v) is 8.83. The Balaban J connectivity index is 1.45. The number of carbonyl (C=O) groups is 3. The van der Waals surface area contributed by atoms with Crippen molar-refractivity contribution in [1.29, 1.82) is 0 Å². The van der Waals surface area contributed by atoms with Gasteiger partial charge in [-0.2, -0.15) is 0 Å². The van der Waals surface area contributed by atoms with E-state index in [9.17, 15) is 14.4 Å². The van der Waals surface area contributed by atoms with E-state index < -0.39 is 11.9 Å². The van der Waals surface area contributed by atoms with Crippen molar-refractivity contribution in [3.8, 4) is 10.4 Å². The van der Waals surface area contributed by atoms with E-state index in [-0.39, 0.29) is 30.4 Å². The van der Waals surface area contributed by atoms with E-state index >= 15 is 0 Å². The molecule has 0 saturated carbocycles. The molecule has 3 rings (SSSR count). The largest absolute Gasteiger partial charge is 0.465 e. The van der Waals surface area contributed by atoms with E-state index in [0.29, 0.717) is 11.6 Å². The third kappa shape index (κ3) is 7.15. The average molecular weight is 487 g/mol. The first-order valence-electron chi connectivity index (χ1n) is 10.0. The summed E-state index contributed by atoms with van der Waals surface area (Å²) in [5.41, 5.74) is 2.42. The summed E-state index contributed by atoms with van der Waals surface area (Å²) >= 11 is 7.61. The second-order valence-electron chi connectivity index (χ2n) is 7.11. The minimum absolute atomic E-state index is 0.121. The first kappa shape index (κ1) is 24.4. The summed E-state index contributed by atoms with van der Waals surface area (Å²) in [4.78, 5) is 38.5. The van der Waals surface area contributed by atoms with E-state index in [4.69, 9.17) is 21.1 Å². The zero-order valence-electron chi connectivity index (χ0n) is 18.1. The van der Waals surface area contributed by atoms with Crippen LogP contribution in [0.1, 0.15) is 20.8 Å². The number of amides is 2. The number of aryl methyl sites for hydroxylation is 1. The van der Waals surface area contributed by atoms with Crippen LogP contribution < -0.4 is 10.6 Å². The molecule has 2 aromatic carbocycles. The molecule has 2 N–H and O–H groups in total. The van der Waals surface area contributed by atoms with E-state index in [0.717, 1.165) is 11.1 Å². The number of halogens is 1. The van der Waals surface area contributed by atoms with Gasteiger partial charge in [0, 0.05) is 21.3 Å². The van der Waals surface area contributed by atoms with Crippen molar-refractivity contribution in [2.24, 2.45) is 0 Å². The molecular formula is C24H23ClN2O5S. The summed E-state index contributed by atoms with van der Waals surface area (Å²) in [6.07, 6.45) is 0. The highest BCUT2D eigenvalue weighted by molar-refractivity contribution is 7.15. The Morgan fingerprint density at radius 1 is 1.00 bits per heavy atom. The molecule has 0 aliphatic carbocycles. The lowest BCUT2D eigenvalue weighted by molar-refractivity contribution is -0.128. The zero-order chi connectivity index (χ0) is 23.8. The van der Waals surface area contributed by atoms with Crippen LogP contribution in [0.4, 0.5) is 5.69 Å². The monoisotopic (exact) mass is 486 g/mol. The molecule has 3 aromatic rings. The summed E-state index contributed by atoms with van der Waals surface area (Å²) in [6, 6.07) is 16.5. The SMILES string of the molecule is COC(=O)c1cc(Cl)ccc1NC(=O)COCC(=O)NCc1cccc(-c2ccc(C)s2)c1. The minimum atomic E-state index is -0.633. The Morgan fingerprint density at radius 3 is 2.52 bits per heavy atom. The average Bonchev–Trinajstić information content (AvgIpc) is 3.25. The van der Waals surface area contributed by atoms with E-state index in [1.807, 2.05) is 24.3 Å². The van der Waals surface area contributed by atoms with Crippen molar-refractivity contribution in [2.75, 3.05) is 25.6 Å². The lowest BCUT2D eigenvalue weighted by Gasteiger charge is -2.11. The molecule has 0 aliphatic rings. The fraction of sp³-hybridized carbons (Fsp3) is 0.208. The highest BCUT2D eigenvalue weighted by atomic mass is 35.5. The van der Waals surface area contributed by atoms with E-state index in [1.54, 1.807) is 11.3 Å². The molecule has 7 nitrogen and oxygen atoms in total. The van der Waals surface area contributed by atoms with Crippen molar-refractivity contribution in [2.45, 2.75) is 13.5 Å². The minimum Gasteiger partial charge on any atom is -0.465 e. The van der Waals surface area contributed by atoms with Gasteiger partial charge < -0.3 is 20.1 Å². The van der Waals surface area contributed by atoms with Crippen molar-refractivity contribution < 1.29 is 23.9 Å². The molecule has 0 fully saturated rings. The number of ether oxygens (including phenoxy) is 2. The van der Waals surface area contributed by atoms with Crippen LogP contribution in [0, 0.1) is 6.92 Å². The van der Waals surface area contributed by atoms with Crippen molar-refractivity contribution >= 4 is 46.4 Å². The Hall–Kier alpha value is -3.20. The fourth-order valence-corrected chi connectivity index (χ4v) is 4.04. The summed E-state index contributed by atoms with van der Waals surface area (Å²) < 4.78 is 9.89. The molecule has 33 heavy (non-hydrogen) atoms. The fourth-order valence-electron chi connectivity index (χ4n) is 3.00. The second kappa shape index (κ2) is 11.6. The van der Waals surface area contributed by atoms with Gasteiger partial charge in [0.1, 0.15) is 13.2 Å². The Bertz CT molecular complexity index is 1160. The quantitative estimate of drug-likeness (QED) is 0.436. The number of hydrogen-bond acceptors (Lipinski definition) is 6. The number of hydrogen-bond donors (Lipinski definition) is 2. The van der Waals surface area contributed by atoms with Gasteiger partial charge >= 0.3 is 5.97 Å². The van der Waals surface area contributed by atoms with Crippen LogP contribution in [0.2, 0.25) is 5.02 Å². The van der Waals surface area contributed by atoms with Crippen LogP contribution in [-0.4, -0.2) is 38.1 Å². The number of benzene rings is 2. The number of thiophene rings is 1. The first-order chi connectivity index (χ1) is 15.9. The van der Waals surface area contributed by atoms with Gasteiger partial charge in [-0.25, -0.2) is 4.79 Å². The third-order valence-electron chi connectivity index (χ3n) is 4.57. The molecule has 0 bridgehead atoms. The van der Waals surface area contributed by atoms with Crippen LogP contribution in [0.25, 0.3) is 10.4 Å². The molecule has 0 radical (unpaired) electrons. The van der Waals surface area contributed by atoms with Gasteiger partial charge in [-0.15, -0.1) is 11.3 Å². The zero-order valence-corrected chi connectivity index (χ0v) is 19.7. The summed E-state index contributed by atoms with van der Waals surface area (Å²) in [5, 5.41) is 5.66. The molecule has 172 valence electrons. The topological polar surface area (TPSA) is 93.7 Å². The highest BCUT2D eigenvalue weighted by Gasteiger charge is 2.15. The maximum absolute atomic E-state index is 12.1. The predicted octanol–water partition coefficient (Wildman–Crippen LogP) is 4.44. The van der Waals surface area contributed by atoms with Gasteiger partial charge in [-0.1, -0.05) is 29.8 Å². The van der Waals surface area contributed by atoms with Crippen LogP contribution in [0.15, 0.2) is 54.6 Å². The molecule has 0 aliphatic heterocycles. The molecule has 0 saturated heterocycles. The van der Waals surface area contributed by atoms with Crippen LogP contribution >= 0.6 is 22.9 Å². The number of nitrogens with one attached hydrogen (secondary N) is 2. The van der Waals surface area contributed by atoms with Gasteiger partial charge in [0.05, 0.1) is 18.4 Å². The number of rotatable bonds is 9. The predicted molar refractivity (Wildman–Crippen MR) is 129 cm³/mol. The number of esters is 1. The van der Waals surface area contributed by atoms with Crippen molar-refractivity contribution in [1.82, 2.24) is 5.32 Å². The summed E-state index contributed by atoms with van der Waals surface area (Å²) in [5.74, 6) is -1.50. The molecular weight excluding hydrogens is 464 g/mol. The number of methoxy groups -OCH3 is 1. The molecule has 0 spiro atoms. The standard InChI is InChI=1S/C24H23ClN2O5S/c1-15-6-9-21(33-15)17-5-3-4-16(10-17)12-26-22(28)13-32-14-23(29)27-20-8-7-18(25)11-19(20)24(30)31-2/h3-11H,12-14H2,1-2H3,(H,26,28)(H,27,29). The molecule has 1 heterocycles. The Kier molecular flexibility index (Phi) is 8.59.